The van der Waals surface area contributed by atoms with Gasteiger partial charge in [-0.05, 0) is 24.1 Å². The minimum Gasteiger partial charge on any atom is -0.465 e. The molecule has 0 amide bonds. The van der Waals surface area contributed by atoms with E-state index < -0.39 is 0 Å². The largest absolute Gasteiger partial charge is 0.465 e. The molecule has 0 saturated heterocycles. The van der Waals surface area contributed by atoms with E-state index >= 15 is 0 Å². The number of hydrogen-bond donors (Lipinski definition) is 0. The molecule has 0 unspecified atom stereocenters. The van der Waals surface area contributed by atoms with Gasteiger partial charge in [0.15, 0.2) is 0 Å². The molecule has 76 valence electrons. The van der Waals surface area contributed by atoms with Gasteiger partial charge in [-0.3, -0.25) is 0 Å². The zero-order chi connectivity index (χ0) is 10.4. The van der Waals surface area contributed by atoms with Crippen molar-refractivity contribution in [2.45, 2.75) is 13.8 Å². The van der Waals surface area contributed by atoms with Crippen LogP contribution < -0.4 is 0 Å². The summed E-state index contributed by atoms with van der Waals surface area (Å²) in [6.45, 7) is 4.42. The van der Waals surface area contributed by atoms with Crippen molar-refractivity contribution in [2.24, 2.45) is 5.92 Å². The Kier molecular flexibility index (Phi) is 3.98. The van der Waals surface area contributed by atoms with E-state index in [9.17, 15) is 4.79 Å². The van der Waals surface area contributed by atoms with Gasteiger partial charge >= 0.3 is 5.97 Å². The summed E-state index contributed by atoms with van der Waals surface area (Å²) in [7, 11) is 0. The Morgan fingerprint density at radius 2 is 2.43 bits per heavy atom. The molecule has 0 bridgehead atoms. The van der Waals surface area contributed by atoms with Crippen LogP contribution in [-0.2, 0) is 9.53 Å². The normalized spacial score (nSPS) is 11.1. The fourth-order valence-electron chi connectivity index (χ4n) is 0.833. The molecule has 1 heterocycles. The van der Waals surface area contributed by atoms with E-state index in [0.29, 0.717) is 18.3 Å². The van der Waals surface area contributed by atoms with E-state index in [0.717, 1.165) is 0 Å². The Bertz CT molecular complexity index is 296. The number of carbonyl (C=O) groups excluding carboxylic acids is 1. The molecule has 14 heavy (non-hydrogen) atoms. The molecule has 0 saturated carbocycles. The zero-order valence-corrected chi connectivity index (χ0v) is 8.40. The molecule has 0 aliphatic heterocycles. The number of furan rings is 1. The number of esters is 1. The molecule has 0 aliphatic rings. The molecule has 0 radical (unpaired) electrons. The van der Waals surface area contributed by atoms with Crippen LogP contribution in [0.4, 0.5) is 0 Å². The highest BCUT2D eigenvalue weighted by molar-refractivity contribution is 5.86. The maximum absolute atomic E-state index is 11.1. The van der Waals surface area contributed by atoms with E-state index in [4.69, 9.17) is 9.15 Å². The smallest absolute Gasteiger partial charge is 0.330 e. The van der Waals surface area contributed by atoms with Crippen molar-refractivity contribution >= 4 is 12.0 Å². The van der Waals surface area contributed by atoms with Gasteiger partial charge in [-0.2, -0.15) is 0 Å². The summed E-state index contributed by atoms with van der Waals surface area (Å²) in [5, 5.41) is 0. The van der Waals surface area contributed by atoms with Gasteiger partial charge in [0.1, 0.15) is 5.76 Å². The summed E-state index contributed by atoms with van der Waals surface area (Å²) < 4.78 is 9.95. The molecule has 0 aliphatic carbocycles. The summed E-state index contributed by atoms with van der Waals surface area (Å²) >= 11 is 0. The van der Waals surface area contributed by atoms with Crippen molar-refractivity contribution in [3.63, 3.8) is 0 Å². The molecular formula is C11H14O3. The monoisotopic (exact) mass is 194 g/mol. The lowest BCUT2D eigenvalue weighted by Crippen LogP contribution is -2.06. The lowest BCUT2D eigenvalue weighted by Gasteiger charge is -2.03. The van der Waals surface area contributed by atoms with Crippen LogP contribution in [-0.4, -0.2) is 12.6 Å². The molecular weight excluding hydrogens is 180 g/mol. The number of carbonyl (C=O) groups is 1. The predicted molar refractivity (Wildman–Crippen MR) is 53.5 cm³/mol. The van der Waals surface area contributed by atoms with Gasteiger partial charge in [0.25, 0.3) is 0 Å². The average Bonchev–Trinajstić information content (AvgIpc) is 2.63. The lowest BCUT2D eigenvalue weighted by atomic mass is 10.2. The van der Waals surface area contributed by atoms with Crippen molar-refractivity contribution < 1.29 is 13.9 Å². The Balaban J connectivity index is 2.34. The SMILES string of the molecule is CC(C)COC(=O)/C=C/c1ccco1. The second-order valence-corrected chi connectivity index (χ2v) is 3.37. The highest BCUT2D eigenvalue weighted by atomic mass is 16.5. The van der Waals surface area contributed by atoms with E-state index in [-0.39, 0.29) is 5.97 Å². The van der Waals surface area contributed by atoms with Gasteiger partial charge in [0.05, 0.1) is 12.9 Å². The predicted octanol–water partition coefficient (Wildman–Crippen LogP) is 2.49. The number of rotatable bonds is 4. The first kappa shape index (κ1) is 10.6. The molecule has 0 spiro atoms. The summed E-state index contributed by atoms with van der Waals surface area (Å²) in [5.41, 5.74) is 0. The van der Waals surface area contributed by atoms with Crippen LogP contribution in [0.1, 0.15) is 19.6 Å². The molecule has 3 nitrogen and oxygen atoms in total. The van der Waals surface area contributed by atoms with Gasteiger partial charge in [-0.25, -0.2) is 4.79 Å². The molecule has 1 rings (SSSR count). The highest BCUT2D eigenvalue weighted by Gasteiger charge is 1.99. The van der Waals surface area contributed by atoms with E-state index in [2.05, 4.69) is 0 Å². The third-order valence-corrected chi connectivity index (χ3v) is 1.49. The first-order valence-corrected chi connectivity index (χ1v) is 4.57. The molecule has 1 aromatic rings. The third-order valence-electron chi connectivity index (χ3n) is 1.49. The van der Waals surface area contributed by atoms with Crippen molar-refractivity contribution in [3.8, 4) is 0 Å². The quantitative estimate of drug-likeness (QED) is 0.546. The van der Waals surface area contributed by atoms with Gasteiger partial charge < -0.3 is 9.15 Å². The topological polar surface area (TPSA) is 39.4 Å². The zero-order valence-electron chi connectivity index (χ0n) is 8.40. The van der Waals surface area contributed by atoms with Gasteiger partial charge in [-0.1, -0.05) is 13.8 Å². The maximum Gasteiger partial charge on any atom is 0.330 e. The minimum absolute atomic E-state index is 0.338. The standard InChI is InChI=1S/C11H14O3/c1-9(2)8-14-11(12)6-5-10-4-3-7-13-10/h3-7,9H,8H2,1-2H3/b6-5+. The van der Waals surface area contributed by atoms with Crippen molar-refractivity contribution in [2.75, 3.05) is 6.61 Å². The number of hydrogen-bond acceptors (Lipinski definition) is 3. The summed E-state index contributed by atoms with van der Waals surface area (Å²) in [5.74, 6) is 0.664. The third kappa shape index (κ3) is 3.94. The molecule has 0 aromatic carbocycles. The number of ether oxygens (including phenoxy) is 1. The highest BCUT2D eigenvalue weighted by Crippen LogP contribution is 2.02. The molecule has 1 aromatic heterocycles. The fraction of sp³-hybridized carbons (Fsp3) is 0.364. The van der Waals surface area contributed by atoms with Crippen LogP contribution in [0.5, 0.6) is 0 Å². The minimum atomic E-state index is -0.338. The van der Waals surface area contributed by atoms with E-state index in [1.54, 1.807) is 24.5 Å². The van der Waals surface area contributed by atoms with Crippen molar-refractivity contribution in [3.05, 3.63) is 30.2 Å². The molecule has 0 N–H and O–H groups in total. The molecule has 0 atom stereocenters. The van der Waals surface area contributed by atoms with Crippen LogP contribution in [0, 0.1) is 5.92 Å². The van der Waals surface area contributed by atoms with Gasteiger partial charge in [0, 0.05) is 6.08 Å². The van der Waals surface area contributed by atoms with Gasteiger partial charge in [-0.15, -0.1) is 0 Å². The van der Waals surface area contributed by atoms with Crippen LogP contribution in [0.25, 0.3) is 6.08 Å². The molecule has 3 heteroatoms. The Morgan fingerprint density at radius 1 is 1.64 bits per heavy atom. The Labute approximate surface area is 83.4 Å². The Morgan fingerprint density at radius 3 is 3.00 bits per heavy atom. The lowest BCUT2D eigenvalue weighted by molar-refractivity contribution is -0.138. The van der Waals surface area contributed by atoms with E-state index in [1.807, 2.05) is 13.8 Å². The van der Waals surface area contributed by atoms with Crippen LogP contribution in [0.3, 0.4) is 0 Å². The first-order valence-electron chi connectivity index (χ1n) is 4.57. The van der Waals surface area contributed by atoms with Crippen LogP contribution >= 0.6 is 0 Å². The molecule has 0 fully saturated rings. The fourth-order valence-corrected chi connectivity index (χ4v) is 0.833. The van der Waals surface area contributed by atoms with Crippen molar-refractivity contribution in [1.29, 1.82) is 0 Å². The summed E-state index contributed by atoms with van der Waals surface area (Å²) in [6.07, 6.45) is 4.50. The van der Waals surface area contributed by atoms with Crippen molar-refractivity contribution in [1.82, 2.24) is 0 Å². The van der Waals surface area contributed by atoms with E-state index in [1.165, 1.54) is 6.08 Å². The second kappa shape index (κ2) is 5.27. The second-order valence-electron chi connectivity index (χ2n) is 3.37. The maximum atomic E-state index is 11.1. The Hall–Kier alpha value is -1.51. The first-order chi connectivity index (χ1) is 6.68. The van der Waals surface area contributed by atoms with Crippen LogP contribution in [0.15, 0.2) is 28.9 Å². The van der Waals surface area contributed by atoms with Crippen LogP contribution in [0.2, 0.25) is 0 Å². The summed E-state index contributed by atoms with van der Waals surface area (Å²) in [4.78, 5) is 11.1. The van der Waals surface area contributed by atoms with Gasteiger partial charge in [0.2, 0.25) is 0 Å². The average molecular weight is 194 g/mol. The summed E-state index contributed by atoms with van der Waals surface area (Å²) in [6, 6.07) is 3.53.